The molecule has 5 nitrogen and oxygen atoms in total. The predicted octanol–water partition coefficient (Wildman–Crippen LogP) is 5.92. The van der Waals surface area contributed by atoms with Gasteiger partial charge in [0.25, 0.3) is 0 Å². The van der Waals surface area contributed by atoms with E-state index in [2.05, 4.69) is 12.2 Å². The first-order chi connectivity index (χ1) is 15.7. The standard InChI is InChI=1S/C27H38N2O3S/c1-5-6-10-23-13-15-24(16-14-23)28-26(30)19-29(25-11-8-7-9-12-25)33(31,32)27-21(3)17-20(2)18-22(27)4/h13-18,25H,5-12,19H2,1-4H3,(H,28,30). The number of benzene rings is 2. The van der Waals surface area contributed by atoms with Gasteiger partial charge in [0.15, 0.2) is 0 Å². The Morgan fingerprint density at radius 3 is 2.18 bits per heavy atom. The second-order valence-corrected chi connectivity index (χ2v) is 11.2. The molecule has 1 fully saturated rings. The fourth-order valence-corrected chi connectivity index (χ4v) is 7.00. The fraction of sp³-hybridized carbons (Fsp3) is 0.519. The largest absolute Gasteiger partial charge is 0.325 e. The lowest BCUT2D eigenvalue weighted by atomic mass is 9.95. The minimum Gasteiger partial charge on any atom is -0.325 e. The van der Waals surface area contributed by atoms with E-state index >= 15 is 0 Å². The lowest BCUT2D eigenvalue weighted by Gasteiger charge is -2.33. The number of rotatable bonds is 9. The molecule has 0 aromatic heterocycles. The third-order valence-electron chi connectivity index (χ3n) is 6.51. The molecule has 180 valence electrons. The number of aryl methyl sites for hydroxylation is 4. The number of hydrogen-bond acceptors (Lipinski definition) is 3. The van der Waals surface area contributed by atoms with Gasteiger partial charge in [-0.1, -0.05) is 62.4 Å². The van der Waals surface area contributed by atoms with Gasteiger partial charge in [0, 0.05) is 11.7 Å². The molecule has 0 unspecified atom stereocenters. The summed E-state index contributed by atoms with van der Waals surface area (Å²) in [6, 6.07) is 11.5. The number of amides is 1. The van der Waals surface area contributed by atoms with Gasteiger partial charge < -0.3 is 5.32 Å². The zero-order valence-electron chi connectivity index (χ0n) is 20.5. The monoisotopic (exact) mass is 470 g/mol. The van der Waals surface area contributed by atoms with E-state index in [4.69, 9.17) is 0 Å². The summed E-state index contributed by atoms with van der Waals surface area (Å²) in [6.45, 7) is 7.64. The number of carbonyl (C=O) groups is 1. The minimum absolute atomic E-state index is 0.147. The maximum atomic E-state index is 13.9. The molecule has 0 bridgehead atoms. The summed E-state index contributed by atoms with van der Waals surface area (Å²) in [5.74, 6) is -0.298. The molecule has 0 atom stereocenters. The molecule has 0 saturated heterocycles. The van der Waals surface area contributed by atoms with Crippen LogP contribution in [0.5, 0.6) is 0 Å². The van der Waals surface area contributed by atoms with Gasteiger partial charge >= 0.3 is 0 Å². The van der Waals surface area contributed by atoms with Gasteiger partial charge in [-0.3, -0.25) is 4.79 Å². The third kappa shape index (κ3) is 6.45. The molecule has 6 heteroatoms. The Kier molecular flexibility index (Phi) is 8.71. The molecule has 3 rings (SSSR count). The van der Waals surface area contributed by atoms with Crippen LogP contribution in [0.25, 0.3) is 0 Å². The second-order valence-electron chi connectivity index (χ2n) is 9.42. The first-order valence-corrected chi connectivity index (χ1v) is 13.6. The number of anilines is 1. The zero-order valence-corrected chi connectivity index (χ0v) is 21.3. The molecule has 0 aliphatic heterocycles. The molecule has 2 aromatic rings. The Bertz CT molecular complexity index is 1030. The normalized spacial score (nSPS) is 15.1. The van der Waals surface area contributed by atoms with Gasteiger partial charge in [-0.25, -0.2) is 8.42 Å². The van der Waals surface area contributed by atoms with Crippen molar-refractivity contribution in [1.29, 1.82) is 0 Å². The van der Waals surface area contributed by atoms with Crippen molar-refractivity contribution in [3.8, 4) is 0 Å². The molecule has 1 saturated carbocycles. The molecule has 1 amide bonds. The van der Waals surface area contributed by atoms with Crippen molar-refractivity contribution in [3.05, 3.63) is 58.7 Å². The summed E-state index contributed by atoms with van der Waals surface area (Å²) in [6.07, 6.45) is 7.98. The number of nitrogens with one attached hydrogen (secondary N) is 1. The topological polar surface area (TPSA) is 66.5 Å². The Morgan fingerprint density at radius 2 is 1.61 bits per heavy atom. The molecule has 0 spiro atoms. The van der Waals surface area contributed by atoms with Crippen LogP contribution in [0.3, 0.4) is 0 Å². The van der Waals surface area contributed by atoms with Gasteiger partial charge in [0.1, 0.15) is 0 Å². The second kappa shape index (κ2) is 11.3. The van der Waals surface area contributed by atoms with E-state index in [1.807, 2.05) is 57.2 Å². The van der Waals surface area contributed by atoms with Crippen molar-refractivity contribution in [2.45, 2.75) is 90.0 Å². The van der Waals surface area contributed by atoms with E-state index in [1.165, 1.54) is 9.87 Å². The van der Waals surface area contributed by atoms with Crippen LogP contribution < -0.4 is 5.32 Å². The Labute approximate surface area is 199 Å². The molecular weight excluding hydrogens is 432 g/mol. The fourth-order valence-electron chi connectivity index (χ4n) is 4.95. The van der Waals surface area contributed by atoms with Crippen molar-refractivity contribution in [2.75, 3.05) is 11.9 Å². The van der Waals surface area contributed by atoms with Crippen LogP contribution in [0, 0.1) is 20.8 Å². The number of sulfonamides is 1. The van der Waals surface area contributed by atoms with Crippen molar-refractivity contribution in [1.82, 2.24) is 4.31 Å². The van der Waals surface area contributed by atoms with Gasteiger partial charge in [0.05, 0.1) is 11.4 Å². The van der Waals surface area contributed by atoms with E-state index in [1.54, 1.807) is 0 Å². The maximum absolute atomic E-state index is 13.9. The smallest absolute Gasteiger partial charge is 0.244 e. The highest BCUT2D eigenvalue weighted by Gasteiger charge is 2.35. The average molecular weight is 471 g/mol. The Balaban J connectivity index is 1.83. The van der Waals surface area contributed by atoms with Crippen LogP contribution in [0.2, 0.25) is 0 Å². The average Bonchev–Trinajstić information content (AvgIpc) is 2.76. The van der Waals surface area contributed by atoms with Gasteiger partial charge in [-0.15, -0.1) is 0 Å². The van der Waals surface area contributed by atoms with Crippen molar-refractivity contribution < 1.29 is 13.2 Å². The molecule has 0 radical (unpaired) electrons. The number of nitrogens with zero attached hydrogens (tertiary/aromatic N) is 1. The molecule has 1 aliphatic carbocycles. The van der Waals surface area contributed by atoms with E-state index in [0.29, 0.717) is 10.6 Å². The minimum atomic E-state index is -3.81. The molecule has 1 N–H and O–H groups in total. The van der Waals surface area contributed by atoms with Crippen LogP contribution in [0.1, 0.15) is 74.1 Å². The highest BCUT2D eigenvalue weighted by molar-refractivity contribution is 7.89. The summed E-state index contributed by atoms with van der Waals surface area (Å²) in [5, 5.41) is 2.91. The number of unbranched alkanes of at least 4 members (excludes halogenated alkanes) is 1. The van der Waals surface area contributed by atoms with Gasteiger partial charge in [0.2, 0.25) is 15.9 Å². The van der Waals surface area contributed by atoms with Crippen LogP contribution in [0.4, 0.5) is 5.69 Å². The predicted molar refractivity (Wildman–Crippen MR) is 135 cm³/mol. The van der Waals surface area contributed by atoms with Gasteiger partial charge in [-0.05, 0) is 75.3 Å². The molecule has 2 aromatic carbocycles. The van der Waals surface area contributed by atoms with Gasteiger partial charge in [-0.2, -0.15) is 4.31 Å². The van der Waals surface area contributed by atoms with E-state index in [-0.39, 0.29) is 18.5 Å². The summed E-state index contributed by atoms with van der Waals surface area (Å²) in [5.41, 5.74) is 4.44. The SMILES string of the molecule is CCCCc1ccc(NC(=O)CN(C2CCCCC2)S(=O)(=O)c2c(C)cc(C)cc2C)cc1. The highest BCUT2D eigenvalue weighted by atomic mass is 32.2. The third-order valence-corrected chi connectivity index (χ3v) is 8.71. The van der Waals surface area contributed by atoms with E-state index in [0.717, 1.165) is 68.1 Å². The van der Waals surface area contributed by atoms with E-state index in [9.17, 15) is 13.2 Å². The van der Waals surface area contributed by atoms with Crippen molar-refractivity contribution >= 4 is 21.6 Å². The molecule has 1 aliphatic rings. The van der Waals surface area contributed by atoms with Crippen molar-refractivity contribution in [2.24, 2.45) is 0 Å². The molecule has 33 heavy (non-hydrogen) atoms. The van der Waals surface area contributed by atoms with Crippen molar-refractivity contribution in [3.63, 3.8) is 0 Å². The zero-order chi connectivity index (χ0) is 24.0. The number of hydrogen-bond donors (Lipinski definition) is 1. The highest BCUT2D eigenvalue weighted by Crippen LogP contribution is 2.31. The molecule has 0 heterocycles. The molecular formula is C27H38N2O3S. The lowest BCUT2D eigenvalue weighted by Crippen LogP contribution is -2.46. The summed E-state index contributed by atoms with van der Waals surface area (Å²) >= 11 is 0. The summed E-state index contributed by atoms with van der Waals surface area (Å²) in [4.78, 5) is 13.3. The summed E-state index contributed by atoms with van der Waals surface area (Å²) < 4.78 is 29.2. The quantitative estimate of drug-likeness (QED) is 0.495. The van der Waals surface area contributed by atoms with Crippen LogP contribution in [-0.4, -0.2) is 31.2 Å². The van der Waals surface area contributed by atoms with Crippen LogP contribution in [0.15, 0.2) is 41.3 Å². The first kappa shape index (κ1) is 25.4. The maximum Gasteiger partial charge on any atom is 0.244 e. The van der Waals surface area contributed by atoms with Crippen LogP contribution >= 0.6 is 0 Å². The van der Waals surface area contributed by atoms with E-state index < -0.39 is 10.0 Å². The first-order valence-electron chi connectivity index (χ1n) is 12.2. The summed E-state index contributed by atoms with van der Waals surface area (Å²) in [7, 11) is -3.81. The Hall–Kier alpha value is -2.18. The lowest BCUT2D eigenvalue weighted by molar-refractivity contribution is -0.116. The Morgan fingerprint density at radius 1 is 1.00 bits per heavy atom. The van der Waals surface area contributed by atoms with Crippen LogP contribution in [-0.2, 0) is 21.2 Å². The number of carbonyl (C=O) groups excluding carboxylic acids is 1.